The minimum Gasteiger partial charge on any atom is -0.497 e. The number of aryl methyl sites for hydroxylation is 1. The van der Waals surface area contributed by atoms with Gasteiger partial charge >= 0.3 is 0 Å². The SMILES string of the molecule is COc1cccc([C@H](CNC(=O)c2ccccc2C)OC)c1. The molecule has 1 atom stereocenters. The smallest absolute Gasteiger partial charge is 0.251 e. The number of nitrogens with one attached hydrogen (secondary N) is 1. The van der Waals surface area contributed by atoms with E-state index in [-0.39, 0.29) is 12.0 Å². The van der Waals surface area contributed by atoms with Crippen molar-refractivity contribution < 1.29 is 14.3 Å². The Morgan fingerprint density at radius 3 is 2.59 bits per heavy atom. The predicted octanol–water partition coefficient (Wildman–Crippen LogP) is 3.12. The van der Waals surface area contributed by atoms with Gasteiger partial charge in [0.1, 0.15) is 5.75 Å². The van der Waals surface area contributed by atoms with Gasteiger partial charge in [0.2, 0.25) is 0 Å². The highest BCUT2D eigenvalue weighted by atomic mass is 16.5. The van der Waals surface area contributed by atoms with E-state index < -0.39 is 0 Å². The third-order valence-corrected chi connectivity index (χ3v) is 3.59. The summed E-state index contributed by atoms with van der Waals surface area (Å²) in [6, 6.07) is 15.2. The monoisotopic (exact) mass is 299 g/mol. The first kappa shape index (κ1) is 16.0. The summed E-state index contributed by atoms with van der Waals surface area (Å²) in [4.78, 5) is 12.2. The van der Waals surface area contributed by atoms with Gasteiger partial charge in [-0.15, -0.1) is 0 Å². The van der Waals surface area contributed by atoms with Crippen molar-refractivity contribution in [2.24, 2.45) is 0 Å². The minimum absolute atomic E-state index is 0.0944. The van der Waals surface area contributed by atoms with Crippen LogP contribution in [0.3, 0.4) is 0 Å². The number of hydrogen-bond donors (Lipinski definition) is 1. The van der Waals surface area contributed by atoms with Crippen LogP contribution >= 0.6 is 0 Å². The second-order valence-corrected chi connectivity index (χ2v) is 5.03. The van der Waals surface area contributed by atoms with Gasteiger partial charge in [-0.05, 0) is 36.2 Å². The lowest BCUT2D eigenvalue weighted by Gasteiger charge is -2.17. The summed E-state index contributed by atoms with van der Waals surface area (Å²) in [5.41, 5.74) is 2.60. The van der Waals surface area contributed by atoms with Gasteiger partial charge in [0, 0.05) is 19.2 Å². The quantitative estimate of drug-likeness (QED) is 0.891. The lowest BCUT2D eigenvalue weighted by Crippen LogP contribution is -2.29. The molecule has 1 N–H and O–H groups in total. The Balaban J connectivity index is 2.05. The lowest BCUT2D eigenvalue weighted by atomic mass is 10.1. The van der Waals surface area contributed by atoms with Crippen LogP contribution < -0.4 is 10.1 Å². The normalized spacial score (nSPS) is 11.8. The summed E-state index contributed by atoms with van der Waals surface area (Å²) in [7, 11) is 3.25. The molecule has 0 aliphatic rings. The van der Waals surface area contributed by atoms with Crippen LogP contribution in [0.2, 0.25) is 0 Å². The first-order valence-electron chi connectivity index (χ1n) is 7.16. The Hall–Kier alpha value is -2.33. The number of benzene rings is 2. The molecular formula is C18H21NO3. The molecule has 2 rings (SSSR count). The zero-order valence-electron chi connectivity index (χ0n) is 13.1. The molecule has 4 nitrogen and oxygen atoms in total. The zero-order valence-corrected chi connectivity index (χ0v) is 13.1. The first-order valence-corrected chi connectivity index (χ1v) is 7.16. The molecule has 2 aromatic carbocycles. The Morgan fingerprint density at radius 2 is 1.91 bits per heavy atom. The fraction of sp³-hybridized carbons (Fsp3) is 0.278. The average molecular weight is 299 g/mol. The largest absolute Gasteiger partial charge is 0.497 e. The van der Waals surface area contributed by atoms with E-state index in [0.29, 0.717) is 12.1 Å². The average Bonchev–Trinajstić information content (AvgIpc) is 2.56. The van der Waals surface area contributed by atoms with Gasteiger partial charge in [0.05, 0.1) is 13.2 Å². The second kappa shape index (κ2) is 7.61. The van der Waals surface area contributed by atoms with Crippen LogP contribution in [0.5, 0.6) is 5.75 Å². The van der Waals surface area contributed by atoms with Crippen molar-refractivity contribution in [3.8, 4) is 5.75 Å². The van der Waals surface area contributed by atoms with E-state index in [9.17, 15) is 4.79 Å². The van der Waals surface area contributed by atoms with Crippen LogP contribution in [0, 0.1) is 6.92 Å². The highest BCUT2D eigenvalue weighted by Gasteiger charge is 2.14. The molecular weight excluding hydrogens is 278 g/mol. The van der Waals surface area contributed by atoms with Crippen molar-refractivity contribution in [3.05, 3.63) is 65.2 Å². The van der Waals surface area contributed by atoms with Crippen LogP contribution in [0.4, 0.5) is 0 Å². The Morgan fingerprint density at radius 1 is 1.14 bits per heavy atom. The van der Waals surface area contributed by atoms with Gasteiger partial charge in [0.25, 0.3) is 5.91 Å². The molecule has 0 aliphatic heterocycles. The van der Waals surface area contributed by atoms with E-state index in [1.54, 1.807) is 14.2 Å². The number of ether oxygens (including phenoxy) is 2. The van der Waals surface area contributed by atoms with Gasteiger partial charge in [-0.1, -0.05) is 30.3 Å². The predicted molar refractivity (Wildman–Crippen MR) is 86.3 cm³/mol. The highest BCUT2D eigenvalue weighted by molar-refractivity contribution is 5.95. The van der Waals surface area contributed by atoms with E-state index in [1.165, 1.54) is 0 Å². The fourth-order valence-electron chi connectivity index (χ4n) is 2.29. The number of carbonyl (C=O) groups is 1. The van der Waals surface area contributed by atoms with Crippen LogP contribution in [0.25, 0.3) is 0 Å². The van der Waals surface area contributed by atoms with Crippen LogP contribution in [-0.2, 0) is 4.74 Å². The van der Waals surface area contributed by atoms with E-state index >= 15 is 0 Å². The van der Waals surface area contributed by atoms with Gasteiger partial charge < -0.3 is 14.8 Å². The summed E-state index contributed by atoms with van der Waals surface area (Å²) >= 11 is 0. The number of methoxy groups -OCH3 is 2. The molecule has 0 saturated carbocycles. The molecule has 2 aromatic rings. The molecule has 0 unspecified atom stereocenters. The van der Waals surface area contributed by atoms with Crippen molar-refractivity contribution in [1.29, 1.82) is 0 Å². The van der Waals surface area contributed by atoms with E-state index in [2.05, 4.69) is 5.32 Å². The van der Waals surface area contributed by atoms with Crippen molar-refractivity contribution >= 4 is 5.91 Å². The Kier molecular flexibility index (Phi) is 5.55. The van der Waals surface area contributed by atoms with Gasteiger partial charge in [-0.3, -0.25) is 4.79 Å². The van der Waals surface area contributed by atoms with Crippen LogP contribution in [-0.4, -0.2) is 26.7 Å². The van der Waals surface area contributed by atoms with Crippen LogP contribution in [0.1, 0.15) is 27.6 Å². The summed E-state index contributed by atoms with van der Waals surface area (Å²) in [6.45, 7) is 2.32. The minimum atomic E-state index is -0.219. The first-order chi connectivity index (χ1) is 10.7. The third-order valence-electron chi connectivity index (χ3n) is 3.59. The van der Waals surface area contributed by atoms with Crippen molar-refractivity contribution in [2.75, 3.05) is 20.8 Å². The molecule has 0 aromatic heterocycles. The maximum atomic E-state index is 12.2. The third kappa shape index (κ3) is 3.86. The summed E-state index contributed by atoms with van der Waals surface area (Å²) in [5.74, 6) is 0.674. The van der Waals surface area contributed by atoms with Crippen molar-refractivity contribution in [2.45, 2.75) is 13.0 Å². The molecule has 0 fully saturated rings. The van der Waals surface area contributed by atoms with Crippen molar-refractivity contribution in [1.82, 2.24) is 5.32 Å². The number of carbonyl (C=O) groups excluding carboxylic acids is 1. The molecule has 1 amide bonds. The summed E-state index contributed by atoms with van der Waals surface area (Å²) < 4.78 is 10.7. The molecule has 0 saturated heterocycles. The van der Waals surface area contributed by atoms with Gasteiger partial charge in [-0.25, -0.2) is 0 Å². The van der Waals surface area contributed by atoms with Gasteiger partial charge in [0.15, 0.2) is 0 Å². The van der Waals surface area contributed by atoms with E-state index in [0.717, 1.165) is 16.9 Å². The number of amides is 1. The Labute approximate surface area is 131 Å². The lowest BCUT2D eigenvalue weighted by molar-refractivity contribution is 0.0827. The molecule has 0 bridgehead atoms. The summed E-state index contributed by atoms with van der Waals surface area (Å²) in [5, 5.41) is 2.92. The molecule has 0 radical (unpaired) electrons. The molecule has 0 aliphatic carbocycles. The maximum absolute atomic E-state index is 12.2. The van der Waals surface area contributed by atoms with E-state index in [1.807, 2.05) is 55.5 Å². The second-order valence-electron chi connectivity index (χ2n) is 5.03. The number of hydrogen-bond acceptors (Lipinski definition) is 3. The highest BCUT2D eigenvalue weighted by Crippen LogP contribution is 2.21. The van der Waals surface area contributed by atoms with Crippen molar-refractivity contribution in [3.63, 3.8) is 0 Å². The maximum Gasteiger partial charge on any atom is 0.251 e. The molecule has 22 heavy (non-hydrogen) atoms. The molecule has 0 spiro atoms. The summed E-state index contributed by atoms with van der Waals surface area (Å²) in [6.07, 6.45) is -0.219. The van der Waals surface area contributed by atoms with Crippen LogP contribution in [0.15, 0.2) is 48.5 Å². The number of rotatable bonds is 6. The molecule has 4 heteroatoms. The van der Waals surface area contributed by atoms with E-state index in [4.69, 9.17) is 9.47 Å². The molecule has 116 valence electrons. The Bertz CT molecular complexity index is 640. The topological polar surface area (TPSA) is 47.6 Å². The van der Waals surface area contributed by atoms with Gasteiger partial charge in [-0.2, -0.15) is 0 Å². The molecule has 0 heterocycles. The fourth-order valence-corrected chi connectivity index (χ4v) is 2.29. The standard InChI is InChI=1S/C18H21NO3/c1-13-7-4-5-10-16(13)18(20)19-12-17(22-3)14-8-6-9-15(11-14)21-2/h4-11,17H,12H2,1-3H3,(H,19,20)/t17-/m0/s1. The zero-order chi connectivity index (χ0) is 15.9.